The van der Waals surface area contributed by atoms with Crippen LogP contribution in [0.1, 0.15) is 0 Å². The first-order valence-electron chi connectivity index (χ1n) is 7.56. The van der Waals surface area contributed by atoms with E-state index in [0.29, 0.717) is 0 Å². The van der Waals surface area contributed by atoms with Crippen molar-refractivity contribution < 1.29 is 0 Å². The maximum Gasteiger partial charge on any atom is 0.124 e. The van der Waals surface area contributed by atoms with Crippen LogP contribution in [0.25, 0.3) is 20.8 Å². The van der Waals surface area contributed by atoms with Crippen LogP contribution in [0, 0.1) is 0 Å². The van der Waals surface area contributed by atoms with Crippen molar-refractivity contribution in [2.24, 2.45) is 0 Å². The molecule has 0 aliphatic heterocycles. The Morgan fingerprint density at radius 2 is 1.39 bits per heavy atom. The SMILES string of the molecule is CN(c1ccccc1)c1ccc(-c2nc3ccccc3s2)cc1. The lowest BCUT2D eigenvalue weighted by Crippen LogP contribution is -2.08. The fourth-order valence-electron chi connectivity index (χ4n) is 2.62. The van der Waals surface area contributed by atoms with Gasteiger partial charge in [0.25, 0.3) is 0 Å². The van der Waals surface area contributed by atoms with Gasteiger partial charge in [-0.15, -0.1) is 11.3 Å². The molecule has 0 saturated carbocycles. The Hall–Kier alpha value is -2.65. The molecule has 0 unspecified atom stereocenters. The minimum Gasteiger partial charge on any atom is -0.345 e. The maximum absolute atomic E-state index is 4.72. The summed E-state index contributed by atoms with van der Waals surface area (Å²) in [5, 5.41) is 1.07. The second kappa shape index (κ2) is 5.86. The molecule has 0 bridgehead atoms. The third-order valence-corrected chi connectivity index (χ3v) is 5.02. The van der Waals surface area contributed by atoms with Gasteiger partial charge in [-0.25, -0.2) is 4.98 Å². The second-order valence-corrected chi connectivity index (χ2v) is 6.46. The molecule has 0 fully saturated rings. The number of thiazole rings is 1. The van der Waals surface area contributed by atoms with Crippen LogP contribution in [-0.2, 0) is 0 Å². The third-order valence-electron chi connectivity index (χ3n) is 3.94. The van der Waals surface area contributed by atoms with E-state index in [1.807, 2.05) is 12.1 Å². The normalized spacial score (nSPS) is 10.8. The summed E-state index contributed by atoms with van der Waals surface area (Å²) in [6.07, 6.45) is 0. The van der Waals surface area contributed by atoms with E-state index in [9.17, 15) is 0 Å². The number of benzene rings is 3. The molecule has 23 heavy (non-hydrogen) atoms. The smallest absolute Gasteiger partial charge is 0.124 e. The van der Waals surface area contributed by atoms with Crippen molar-refractivity contribution in [3.8, 4) is 10.6 Å². The lowest BCUT2D eigenvalue weighted by molar-refractivity contribution is 1.21. The zero-order chi connectivity index (χ0) is 15.6. The highest BCUT2D eigenvalue weighted by Gasteiger charge is 2.07. The van der Waals surface area contributed by atoms with Crippen LogP contribution >= 0.6 is 11.3 Å². The predicted octanol–water partition coefficient (Wildman–Crippen LogP) is 5.73. The van der Waals surface area contributed by atoms with Crippen molar-refractivity contribution in [1.82, 2.24) is 4.98 Å². The third kappa shape index (κ3) is 2.71. The van der Waals surface area contributed by atoms with Crippen LogP contribution in [0.4, 0.5) is 11.4 Å². The van der Waals surface area contributed by atoms with Crippen molar-refractivity contribution in [3.05, 3.63) is 78.9 Å². The average Bonchev–Trinajstić information content (AvgIpc) is 3.06. The van der Waals surface area contributed by atoms with Gasteiger partial charge in [0.2, 0.25) is 0 Å². The van der Waals surface area contributed by atoms with E-state index in [2.05, 4.69) is 78.7 Å². The fraction of sp³-hybridized carbons (Fsp3) is 0.0500. The van der Waals surface area contributed by atoms with E-state index < -0.39 is 0 Å². The van der Waals surface area contributed by atoms with E-state index in [-0.39, 0.29) is 0 Å². The summed E-state index contributed by atoms with van der Waals surface area (Å²) in [5.41, 5.74) is 4.58. The van der Waals surface area contributed by atoms with E-state index in [0.717, 1.165) is 16.1 Å². The van der Waals surface area contributed by atoms with Crippen LogP contribution in [0.2, 0.25) is 0 Å². The Balaban J connectivity index is 1.65. The van der Waals surface area contributed by atoms with E-state index in [1.54, 1.807) is 11.3 Å². The lowest BCUT2D eigenvalue weighted by atomic mass is 10.2. The molecular weight excluding hydrogens is 300 g/mol. The first kappa shape index (κ1) is 14.0. The molecular formula is C20H16N2S. The van der Waals surface area contributed by atoms with Crippen molar-refractivity contribution in [3.63, 3.8) is 0 Å². The number of nitrogens with zero attached hydrogens (tertiary/aromatic N) is 2. The Morgan fingerprint density at radius 1 is 0.739 bits per heavy atom. The molecule has 2 nitrogen and oxygen atoms in total. The van der Waals surface area contributed by atoms with Gasteiger partial charge < -0.3 is 4.90 Å². The number of rotatable bonds is 3. The summed E-state index contributed by atoms with van der Waals surface area (Å²) in [6.45, 7) is 0. The van der Waals surface area contributed by atoms with Crippen LogP contribution in [0.3, 0.4) is 0 Å². The van der Waals surface area contributed by atoms with Gasteiger partial charge in [0.1, 0.15) is 5.01 Å². The largest absolute Gasteiger partial charge is 0.345 e. The second-order valence-electron chi connectivity index (χ2n) is 5.43. The Kier molecular flexibility index (Phi) is 3.56. The molecule has 0 N–H and O–H groups in total. The predicted molar refractivity (Wildman–Crippen MR) is 99.6 cm³/mol. The summed E-state index contributed by atoms with van der Waals surface area (Å²) < 4.78 is 1.23. The molecule has 0 amide bonds. The quantitative estimate of drug-likeness (QED) is 0.480. The monoisotopic (exact) mass is 316 g/mol. The highest BCUT2D eigenvalue weighted by atomic mass is 32.1. The number of hydrogen-bond donors (Lipinski definition) is 0. The van der Waals surface area contributed by atoms with Gasteiger partial charge in [0.15, 0.2) is 0 Å². The number of anilines is 2. The van der Waals surface area contributed by atoms with Crippen LogP contribution < -0.4 is 4.90 Å². The van der Waals surface area contributed by atoms with Gasteiger partial charge in [-0.1, -0.05) is 30.3 Å². The van der Waals surface area contributed by atoms with Crippen LogP contribution in [-0.4, -0.2) is 12.0 Å². The highest BCUT2D eigenvalue weighted by molar-refractivity contribution is 7.21. The molecule has 0 spiro atoms. The lowest BCUT2D eigenvalue weighted by Gasteiger charge is -2.19. The summed E-state index contributed by atoms with van der Waals surface area (Å²) >= 11 is 1.74. The van der Waals surface area contributed by atoms with Crippen LogP contribution in [0.5, 0.6) is 0 Å². The molecule has 0 radical (unpaired) electrons. The topological polar surface area (TPSA) is 16.1 Å². The minimum atomic E-state index is 1.07. The first-order valence-corrected chi connectivity index (χ1v) is 8.38. The van der Waals surface area contributed by atoms with E-state index in [4.69, 9.17) is 4.98 Å². The standard InChI is InChI=1S/C20H16N2S/c1-22(16-7-3-2-4-8-16)17-13-11-15(12-14-17)20-21-18-9-5-6-10-19(18)23-20/h2-14H,1H3. The molecule has 3 heteroatoms. The van der Waals surface area contributed by atoms with Crippen molar-refractivity contribution in [1.29, 1.82) is 0 Å². The summed E-state index contributed by atoms with van der Waals surface area (Å²) in [7, 11) is 2.09. The Morgan fingerprint density at radius 3 is 2.13 bits per heavy atom. The zero-order valence-corrected chi connectivity index (χ0v) is 13.6. The number of fused-ring (bicyclic) bond motifs is 1. The van der Waals surface area contributed by atoms with Crippen molar-refractivity contribution in [2.45, 2.75) is 0 Å². The molecule has 0 aliphatic carbocycles. The molecule has 4 rings (SSSR count). The zero-order valence-electron chi connectivity index (χ0n) is 12.8. The van der Waals surface area contributed by atoms with Gasteiger partial charge in [-0.3, -0.25) is 0 Å². The van der Waals surface area contributed by atoms with Crippen molar-refractivity contribution in [2.75, 3.05) is 11.9 Å². The highest BCUT2D eigenvalue weighted by Crippen LogP contribution is 2.32. The molecule has 3 aromatic carbocycles. The molecule has 0 aliphatic rings. The van der Waals surface area contributed by atoms with E-state index >= 15 is 0 Å². The van der Waals surface area contributed by atoms with Gasteiger partial charge in [-0.05, 0) is 48.5 Å². The maximum atomic E-state index is 4.72. The number of hydrogen-bond acceptors (Lipinski definition) is 3. The molecule has 0 atom stereocenters. The van der Waals surface area contributed by atoms with Gasteiger partial charge in [0.05, 0.1) is 10.2 Å². The van der Waals surface area contributed by atoms with Gasteiger partial charge in [0, 0.05) is 24.0 Å². The first-order chi connectivity index (χ1) is 11.3. The molecule has 1 aromatic heterocycles. The number of para-hydroxylation sites is 2. The summed E-state index contributed by atoms with van der Waals surface area (Å²) in [4.78, 5) is 6.90. The summed E-state index contributed by atoms with van der Waals surface area (Å²) in [5.74, 6) is 0. The molecule has 1 heterocycles. The Labute approximate surface area is 139 Å². The molecule has 112 valence electrons. The Bertz CT molecular complexity index is 894. The summed E-state index contributed by atoms with van der Waals surface area (Å²) in [6, 6.07) is 27.2. The average molecular weight is 316 g/mol. The number of aromatic nitrogens is 1. The van der Waals surface area contributed by atoms with Crippen LogP contribution in [0.15, 0.2) is 78.9 Å². The van der Waals surface area contributed by atoms with E-state index in [1.165, 1.54) is 16.1 Å². The fourth-order valence-corrected chi connectivity index (χ4v) is 3.60. The van der Waals surface area contributed by atoms with Gasteiger partial charge in [-0.2, -0.15) is 0 Å². The van der Waals surface area contributed by atoms with Crippen molar-refractivity contribution >= 4 is 32.9 Å². The van der Waals surface area contributed by atoms with Gasteiger partial charge >= 0.3 is 0 Å². The molecule has 0 saturated heterocycles. The minimum absolute atomic E-state index is 1.07. The molecule has 4 aromatic rings.